The van der Waals surface area contributed by atoms with Crippen LogP contribution in [-0.4, -0.2) is 24.8 Å². The molecule has 0 aliphatic carbocycles. The van der Waals surface area contributed by atoms with Gasteiger partial charge in [0.2, 0.25) is 0 Å². The summed E-state index contributed by atoms with van der Waals surface area (Å²) in [4.78, 5) is 0.816. The Morgan fingerprint density at radius 2 is 1.95 bits per heavy atom. The Labute approximate surface area is 134 Å². The highest BCUT2D eigenvalue weighted by Gasteiger charge is 2.23. The van der Waals surface area contributed by atoms with E-state index in [1.807, 2.05) is 31.2 Å². The van der Waals surface area contributed by atoms with Gasteiger partial charge in [0.1, 0.15) is 9.20 Å². The molecule has 2 rings (SSSR count). The molecule has 0 aliphatic heterocycles. The van der Waals surface area contributed by atoms with Gasteiger partial charge in [0.05, 0.1) is 4.88 Å². The molecule has 4 nitrogen and oxygen atoms in total. The third-order valence-electron chi connectivity index (χ3n) is 3.14. The van der Waals surface area contributed by atoms with Crippen LogP contribution in [0, 0.1) is 6.92 Å². The van der Waals surface area contributed by atoms with Crippen molar-refractivity contribution in [3.05, 3.63) is 52.4 Å². The number of thiophene rings is 1. The number of hydrogen-bond acceptors (Lipinski definition) is 4. The van der Waals surface area contributed by atoms with E-state index in [9.17, 15) is 8.42 Å². The normalized spacial score (nSPS) is 11.8. The number of nitrogens with two attached hydrogens (primary N) is 1. The Hall–Kier alpha value is -1.28. The number of hydrogen-bond donors (Lipinski definition) is 1. The Kier molecular flexibility index (Phi) is 4.77. The van der Waals surface area contributed by atoms with Crippen molar-refractivity contribution in [2.24, 2.45) is 5.73 Å². The molecular formula is C14H16N2O2S3. The molecule has 0 saturated heterocycles. The summed E-state index contributed by atoms with van der Waals surface area (Å²) in [6.45, 7) is 2.29. The van der Waals surface area contributed by atoms with Gasteiger partial charge in [0.15, 0.2) is 0 Å². The molecule has 0 aliphatic rings. The highest BCUT2D eigenvalue weighted by Crippen LogP contribution is 2.25. The van der Waals surface area contributed by atoms with Crippen molar-refractivity contribution in [2.75, 3.05) is 7.05 Å². The number of rotatable bonds is 5. The molecule has 0 spiro atoms. The molecule has 0 amide bonds. The van der Waals surface area contributed by atoms with Crippen LogP contribution in [0.4, 0.5) is 0 Å². The van der Waals surface area contributed by atoms with Crippen LogP contribution in [0.1, 0.15) is 16.0 Å². The summed E-state index contributed by atoms with van der Waals surface area (Å²) >= 11 is 5.96. The van der Waals surface area contributed by atoms with Crippen molar-refractivity contribution < 1.29 is 8.42 Å². The van der Waals surface area contributed by atoms with Crippen molar-refractivity contribution in [2.45, 2.75) is 17.7 Å². The Morgan fingerprint density at radius 3 is 2.52 bits per heavy atom. The molecule has 2 aromatic rings. The summed E-state index contributed by atoms with van der Waals surface area (Å²) in [5.74, 6) is 0. The zero-order chi connectivity index (χ0) is 15.6. The maximum Gasteiger partial charge on any atom is 0.252 e. The van der Waals surface area contributed by atoms with Crippen molar-refractivity contribution in [3.8, 4) is 0 Å². The summed E-state index contributed by atoms with van der Waals surface area (Å²) in [6.07, 6.45) is 0. The molecule has 21 heavy (non-hydrogen) atoms. The standard InChI is InChI=1S/C14H16N2O2S3/c1-10-5-3-4-6-11(10)9-16(2)21(17,18)13-8-7-12(20-13)14(15)19/h3-8H,9H2,1-2H3,(H2,15,19). The monoisotopic (exact) mass is 340 g/mol. The van der Waals surface area contributed by atoms with Crippen molar-refractivity contribution in [1.82, 2.24) is 4.31 Å². The lowest BCUT2D eigenvalue weighted by atomic mass is 10.1. The van der Waals surface area contributed by atoms with Gasteiger partial charge >= 0.3 is 0 Å². The van der Waals surface area contributed by atoms with Gasteiger partial charge in [-0.25, -0.2) is 8.42 Å². The molecule has 7 heteroatoms. The van der Waals surface area contributed by atoms with E-state index < -0.39 is 10.0 Å². The summed E-state index contributed by atoms with van der Waals surface area (Å²) in [5.41, 5.74) is 7.57. The van der Waals surface area contributed by atoms with Crippen LogP contribution in [0.3, 0.4) is 0 Å². The van der Waals surface area contributed by atoms with E-state index in [1.165, 1.54) is 4.31 Å². The lowest BCUT2D eigenvalue weighted by Gasteiger charge is -2.17. The van der Waals surface area contributed by atoms with Crippen molar-refractivity contribution in [1.29, 1.82) is 0 Å². The number of thiocarbonyl (C=S) groups is 1. The molecule has 112 valence electrons. The van der Waals surface area contributed by atoms with E-state index in [1.54, 1.807) is 19.2 Å². The van der Waals surface area contributed by atoms with Crippen LogP contribution >= 0.6 is 23.6 Å². The third kappa shape index (κ3) is 3.49. The highest BCUT2D eigenvalue weighted by molar-refractivity contribution is 7.91. The molecule has 0 fully saturated rings. The highest BCUT2D eigenvalue weighted by atomic mass is 32.2. The molecule has 2 N–H and O–H groups in total. The first-order valence-electron chi connectivity index (χ1n) is 6.23. The van der Waals surface area contributed by atoms with Crippen molar-refractivity contribution >= 4 is 38.6 Å². The van der Waals surface area contributed by atoms with Gasteiger partial charge < -0.3 is 5.73 Å². The van der Waals surface area contributed by atoms with E-state index in [0.29, 0.717) is 11.4 Å². The van der Waals surface area contributed by atoms with Gasteiger partial charge in [0.25, 0.3) is 10.0 Å². The van der Waals surface area contributed by atoms with Gasteiger partial charge in [-0.1, -0.05) is 36.5 Å². The average Bonchev–Trinajstić information content (AvgIpc) is 2.91. The molecule has 0 atom stereocenters. The first kappa shape index (κ1) is 16.1. The molecule has 1 heterocycles. The fraction of sp³-hybridized carbons (Fsp3) is 0.214. The molecular weight excluding hydrogens is 324 g/mol. The lowest BCUT2D eigenvalue weighted by Crippen LogP contribution is -2.26. The molecule has 0 radical (unpaired) electrons. The molecule has 1 aromatic heterocycles. The minimum atomic E-state index is -3.53. The number of nitrogens with zero attached hydrogens (tertiary/aromatic N) is 1. The van der Waals surface area contributed by atoms with Crippen molar-refractivity contribution in [3.63, 3.8) is 0 Å². The van der Waals surface area contributed by atoms with E-state index in [-0.39, 0.29) is 9.20 Å². The van der Waals surface area contributed by atoms with Crippen LogP contribution in [0.25, 0.3) is 0 Å². The molecule has 0 saturated carbocycles. The molecule has 0 bridgehead atoms. The van der Waals surface area contributed by atoms with Gasteiger partial charge in [-0.2, -0.15) is 4.31 Å². The Balaban J connectivity index is 2.26. The summed E-state index contributed by atoms with van der Waals surface area (Å²) in [6, 6.07) is 10.9. The number of sulfonamides is 1. The number of benzene rings is 1. The quantitative estimate of drug-likeness (QED) is 0.850. The minimum absolute atomic E-state index is 0.211. The third-order valence-corrected chi connectivity index (χ3v) is 6.88. The zero-order valence-corrected chi connectivity index (χ0v) is 14.2. The van der Waals surface area contributed by atoms with E-state index >= 15 is 0 Å². The number of aryl methyl sites for hydroxylation is 1. The predicted molar refractivity (Wildman–Crippen MR) is 90.0 cm³/mol. The Bertz CT molecular complexity index is 766. The van der Waals surface area contributed by atoms with Crippen LogP contribution in [0.2, 0.25) is 0 Å². The second kappa shape index (κ2) is 6.23. The first-order chi connectivity index (χ1) is 9.82. The fourth-order valence-corrected chi connectivity index (χ4v) is 4.57. The SMILES string of the molecule is Cc1ccccc1CN(C)S(=O)(=O)c1ccc(C(N)=S)s1. The molecule has 1 aromatic carbocycles. The molecule has 0 unspecified atom stereocenters. The smallest absolute Gasteiger partial charge is 0.252 e. The van der Waals surface area contributed by atoms with Crippen LogP contribution in [-0.2, 0) is 16.6 Å². The zero-order valence-electron chi connectivity index (χ0n) is 11.7. The van der Waals surface area contributed by atoms with E-state index in [4.69, 9.17) is 18.0 Å². The Morgan fingerprint density at radius 1 is 1.29 bits per heavy atom. The van der Waals surface area contributed by atoms with Gasteiger partial charge in [-0.15, -0.1) is 11.3 Å². The average molecular weight is 340 g/mol. The topological polar surface area (TPSA) is 63.4 Å². The van der Waals surface area contributed by atoms with Crippen LogP contribution < -0.4 is 5.73 Å². The van der Waals surface area contributed by atoms with E-state index in [0.717, 1.165) is 22.5 Å². The maximum atomic E-state index is 12.5. The van der Waals surface area contributed by atoms with Gasteiger partial charge in [0, 0.05) is 13.6 Å². The predicted octanol–water partition coefficient (Wildman–Crippen LogP) is 2.51. The second-order valence-electron chi connectivity index (χ2n) is 4.67. The minimum Gasteiger partial charge on any atom is -0.389 e. The maximum absolute atomic E-state index is 12.5. The lowest BCUT2D eigenvalue weighted by molar-refractivity contribution is 0.467. The summed E-state index contributed by atoms with van der Waals surface area (Å²) in [5, 5.41) is 0. The van der Waals surface area contributed by atoms with E-state index in [2.05, 4.69) is 0 Å². The van der Waals surface area contributed by atoms with Gasteiger partial charge in [-0.05, 0) is 30.2 Å². The first-order valence-corrected chi connectivity index (χ1v) is 8.89. The second-order valence-corrected chi connectivity index (χ2v) is 8.47. The largest absolute Gasteiger partial charge is 0.389 e. The van der Waals surface area contributed by atoms with Crippen LogP contribution in [0.15, 0.2) is 40.6 Å². The summed E-state index contributed by atoms with van der Waals surface area (Å²) < 4.78 is 26.7. The van der Waals surface area contributed by atoms with Gasteiger partial charge in [-0.3, -0.25) is 0 Å². The fourth-order valence-electron chi connectivity index (χ4n) is 1.86. The van der Waals surface area contributed by atoms with Crippen LogP contribution in [0.5, 0.6) is 0 Å². The summed E-state index contributed by atoms with van der Waals surface area (Å²) in [7, 11) is -1.96.